The molecule has 0 heterocycles. The molecule has 0 aliphatic heterocycles. The topological polar surface area (TPSA) is 29.4 Å². The van der Waals surface area contributed by atoms with Gasteiger partial charge in [0.25, 0.3) is 0 Å². The Kier molecular flexibility index (Phi) is 5.51. The molecule has 1 fully saturated rings. The van der Waals surface area contributed by atoms with E-state index in [0.29, 0.717) is 6.54 Å². The summed E-state index contributed by atoms with van der Waals surface area (Å²) in [5, 5.41) is 0. The summed E-state index contributed by atoms with van der Waals surface area (Å²) in [5.74, 6) is 0.967. The van der Waals surface area contributed by atoms with Crippen molar-refractivity contribution in [3.63, 3.8) is 0 Å². The predicted octanol–water partition coefficient (Wildman–Crippen LogP) is 3.07. The molecule has 0 aromatic rings. The van der Waals surface area contributed by atoms with Gasteiger partial charge in [-0.25, -0.2) is 9.79 Å². The van der Waals surface area contributed by atoms with Gasteiger partial charge in [-0.2, -0.15) is 0 Å². The molecular weight excluding hydrogens is 162 g/mol. The van der Waals surface area contributed by atoms with Gasteiger partial charge in [0.05, 0.1) is 6.54 Å². The maximum absolute atomic E-state index is 9.78. The van der Waals surface area contributed by atoms with Crippen LogP contribution in [0.1, 0.15) is 51.4 Å². The Hall–Kier alpha value is -0.620. The number of carbonyl (C=O) groups excluding carboxylic acids is 1. The molecule has 0 radical (unpaired) electrons. The van der Waals surface area contributed by atoms with Crippen molar-refractivity contribution in [2.75, 3.05) is 6.54 Å². The summed E-state index contributed by atoms with van der Waals surface area (Å²) in [6.45, 7) is 0.677. The smallest absolute Gasteiger partial charge is 0.211 e. The molecule has 0 aromatic carbocycles. The minimum atomic E-state index is 0.677. The third-order valence-corrected chi connectivity index (χ3v) is 2.92. The molecule has 0 amide bonds. The average molecular weight is 181 g/mol. The van der Waals surface area contributed by atoms with Crippen molar-refractivity contribution in [2.24, 2.45) is 10.9 Å². The van der Waals surface area contributed by atoms with Crippen LogP contribution >= 0.6 is 0 Å². The number of rotatable bonds is 5. The molecule has 0 bridgehead atoms. The highest BCUT2D eigenvalue weighted by atomic mass is 16.1. The number of hydrogen-bond donors (Lipinski definition) is 0. The van der Waals surface area contributed by atoms with Crippen molar-refractivity contribution in [3.8, 4) is 0 Å². The number of nitrogens with zero attached hydrogens (tertiary/aromatic N) is 1. The summed E-state index contributed by atoms with van der Waals surface area (Å²) in [4.78, 5) is 13.3. The highest BCUT2D eigenvalue weighted by Gasteiger charge is 2.12. The van der Waals surface area contributed by atoms with E-state index in [9.17, 15) is 4.79 Å². The maximum Gasteiger partial charge on any atom is 0.234 e. The van der Waals surface area contributed by atoms with Crippen molar-refractivity contribution in [2.45, 2.75) is 51.4 Å². The van der Waals surface area contributed by atoms with Crippen LogP contribution in [0.2, 0.25) is 0 Å². The Morgan fingerprint density at radius 3 is 2.62 bits per heavy atom. The molecule has 0 N–H and O–H groups in total. The second-order valence-electron chi connectivity index (χ2n) is 3.97. The van der Waals surface area contributed by atoms with Crippen LogP contribution in [0.5, 0.6) is 0 Å². The molecule has 1 rings (SSSR count). The molecule has 74 valence electrons. The Balaban J connectivity index is 1.94. The number of aliphatic imine (C=N–C) groups is 1. The lowest BCUT2D eigenvalue weighted by molar-refractivity contribution is 0.330. The van der Waals surface area contributed by atoms with Crippen LogP contribution in [-0.4, -0.2) is 12.6 Å². The number of unbranched alkanes of at least 4 members (excludes halogenated alkanes) is 1. The molecule has 2 heteroatoms. The minimum Gasteiger partial charge on any atom is -0.211 e. The zero-order valence-corrected chi connectivity index (χ0v) is 8.30. The third-order valence-electron chi connectivity index (χ3n) is 2.92. The summed E-state index contributed by atoms with van der Waals surface area (Å²) in [6, 6.07) is 0. The van der Waals surface area contributed by atoms with Gasteiger partial charge in [-0.05, 0) is 12.3 Å². The van der Waals surface area contributed by atoms with E-state index in [0.717, 1.165) is 12.3 Å². The first-order valence-corrected chi connectivity index (χ1v) is 5.47. The molecule has 2 nitrogen and oxygen atoms in total. The van der Waals surface area contributed by atoms with E-state index in [1.165, 1.54) is 44.9 Å². The fourth-order valence-electron chi connectivity index (χ4n) is 2.15. The lowest BCUT2D eigenvalue weighted by atomic mass is 9.86. The molecule has 1 aliphatic carbocycles. The summed E-state index contributed by atoms with van der Waals surface area (Å²) >= 11 is 0. The van der Waals surface area contributed by atoms with Gasteiger partial charge in [-0.15, -0.1) is 0 Å². The number of hydrogen-bond acceptors (Lipinski definition) is 2. The zero-order chi connectivity index (χ0) is 9.36. The van der Waals surface area contributed by atoms with E-state index in [-0.39, 0.29) is 0 Å². The van der Waals surface area contributed by atoms with Crippen molar-refractivity contribution >= 4 is 6.08 Å². The van der Waals surface area contributed by atoms with E-state index in [1.54, 1.807) is 6.08 Å². The van der Waals surface area contributed by atoms with Gasteiger partial charge < -0.3 is 0 Å². The van der Waals surface area contributed by atoms with Gasteiger partial charge in [0.1, 0.15) is 0 Å². The summed E-state index contributed by atoms with van der Waals surface area (Å²) in [7, 11) is 0. The first-order valence-electron chi connectivity index (χ1n) is 5.47. The third kappa shape index (κ3) is 4.84. The SMILES string of the molecule is O=C=NCCCCC1CCCCC1. The molecule has 0 atom stereocenters. The second-order valence-corrected chi connectivity index (χ2v) is 3.97. The normalized spacial score (nSPS) is 18.2. The van der Waals surface area contributed by atoms with Gasteiger partial charge in [0.15, 0.2) is 0 Å². The fourth-order valence-corrected chi connectivity index (χ4v) is 2.15. The maximum atomic E-state index is 9.78. The van der Waals surface area contributed by atoms with E-state index in [2.05, 4.69) is 4.99 Å². The molecule has 0 saturated heterocycles. The average Bonchev–Trinajstić information content (AvgIpc) is 2.19. The van der Waals surface area contributed by atoms with Gasteiger partial charge in [0.2, 0.25) is 6.08 Å². The first-order chi connectivity index (χ1) is 6.43. The Morgan fingerprint density at radius 2 is 1.92 bits per heavy atom. The van der Waals surface area contributed by atoms with Crippen molar-refractivity contribution in [1.82, 2.24) is 0 Å². The van der Waals surface area contributed by atoms with Crippen molar-refractivity contribution < 1.29 is 4.79 Å². The number of isocyanates is 1. The Labute approximate surface area is 80.4 Å². The second kappa shape index (κ2) is 6.85. The van der Waals surface area contributed by atoms with Gasteiger partial charge in [-0.3, -0.25) is 0 Å². The van der Waals surface area contributed by atoms with Crippen molar-refractivity contribution in [3.05, 3.63) is 0 Å². The van der Waals surface area contributed by atoms with Gasteiger partial charge in [-0.1, -0.05) is 44.9 Å². The molecular formula is C11H19NO. The van der Waals surface area contributed by atoms with Crippen LogP contribution in [0.15, 0.2) is 4.99 Å². The first kappa shape index (κ1) is 10.5. The molecule has 0 aromatic heterocycles. The highest BCUT2D eigenvalue weighted by molar-refractivity contribution is 5.32. The minimum absolute atomic E-state index is 0.677. The van der Waals surface area contributed by atoms with E-state index < -0.39 is 0 Å². The summed E-state index contributed by atoms with van der Waals surface area (Å²) < 4.78 is 0. The monoisotopic (exact) mass is 181 g/mol. The molecule has 0 unspecified atom stereocenters. The zero-order valence-electron chi connectivity index (χ0n) is 8.30. The standard InChI is InChI=1S/C11H19NO/c13-10-12-9-5-4-8-11-6-2-1-3-7-11/h11H,1-9H2. The van der Waals surface area contributed by atoms with Crippen LogP contribution in [0.3, 0.4) is 0 Å². The Bertz CT molecular complexity index is 167. The quantitative estimate of drug-likeness (QED) is 0.364. The highest BCUT2D eigenvalue weighted by Crippen LogP contribution is 2.27. The van der Waals surface area contributed by atoms with Crippen LogP contribution < -0.4 is 0 Å². The summed E-state index contributed by atoms with van der Waals surface area (Å²) in [6.07, 6.45) is 12.4. The summed E-state index contributed by atoms with van der Waals surface area (Å²) in [5.41, 5.74) is 0. The lowest BCUT2D eigenvalue weighted by Gasteiger charge is -2.20. The van der Waals surface area contributed by atoms with Crippen LogP contribution in [0.4, 0.5) is 0 Å². The van der Waals surface area contributed by atoms with E-state index in [4.69, 9.17) is 0 Å². The van der Waals surface area contributed by atoms with E-state index in [1.807, 2.05) is 0 Å². The fraction of sp³-hybridized carbons (Fsp3) is 0.909. The van der Waals surface area contributed by atoms with Gasteiger partial charge in [0, 0.05) is 0 Å². The molecule has 1 saturated carbocycles. The molecule has 1 aliphatic rings. The molecule has 0 spiro atoms. The van der Waals surface area contributed by atoms with E-state index >= 15 is 0 Å². The van der Waals surface area contributed by atoms with Crippen LogP contribution in [-0.2, 0) is 4.79 Å². The Morgan fingerprint density at radius 1 is 1.15 bits per heavy atom. The van der Waals surface area contributed by atoms with Crippen LogP contribution in [0.25, 0.3) is 0 Å². The van der Waals surface area contributed by atoms with Gasteiger partial charge >= 0.3 is 0 Å². The van der Waals surface area contributed by atoms with Crippen LogP contribution in [0, 0.1) is 5.92 Å². The predicted molar refractivity (Wildman–Crippen MR) is 53.4 cm³/mol. The van der Waals surface area contributed by atoms with Crippen molar-refractivity contribution in [1.29, 1.82) is 0 Å². The lowest BCUT2D eigenvalue weighted by Crippen LogP contribution is -2.05. The largest absolute Gasteiger partial charge is 0.234 e. The molecule has 13 heavy (non-hydrogen) atoms.